The Kier molecular flexibility index (Phi) is 4.72. The molecule has 0 radical (unpaired) electrons. The molecule has 1 aromatic carbocycles. The number of rotatable bonds is 4. The summed E-state index contributed by atoms with van der Waals surface area (Å²) in [6, 6.07) is 5.44. The van der Waals surface area contributed by atoms with Crippen molar-refractivity contribution in [3.63, 3.8) is 0 Å². The van der Waals surface area contributed by atoms with E-state index in [2.05, 4.69) is 16.6 Å². The average Bonchev–Trinajstić information content (AvgIpc) is 2.81. The first-order chi connectivity index (χ1) is 10.5. The molecule has 0 unspecified atom stereocenters. The molecule has 0 spiro atoms. The molecule has 116 valence electrons. The van der Waals surface area contributed by atoms with Crippen LogP contribution < -0.4 is 5.73 Å². The van der Waals surface area contributed by atoms with Gasteiger partial charge in [-0.15, -0.1) is 0 Å². The Balaban J connectivity index is 2.47. The minimum Gasteiger partial charge on any atom is -0.483 e. The summed E-state index contributed by atoms with van der Waals surface area (Å²) < 4.78 is 11.8. The van der Waals surface area contributed by atoms with E-state index < -0.39 is 0 Å². The Bertz CT molecular complexity index is 777. The lowest BCUT2D eigenvalue weighted by Crippen LogP contribution is -2.07. The van der Waals surface area contributed by atoms with Crippen LogP contribution in [-0.2, 0) is 9.47 Å². The van der Waals surface area contributed by atoms with Gasteiger partial charge in [-0.2, -0.15) is 4.99 Å². The fraction of sp³-hybridized carbons (Fsp3) is 0.200. The topological polar surface area (TPSA) is 74.7 Å². The Morgan fingerprint density at radius 2 is 2.14 bits per heavy atom. The van der Waals surface area contributed by atoms with Gasteiger partial charge in [-0.05, 0) is 25.1 Å². The number of hydrogen-bond donors (Lipinski definition) is 1. The highest BCUT2D eigenvalue weighted by Gasteiger charge is 2.11. The van der Waals surface area contributed by atoms with E-state index in [0.29, 0.717) is 10.8 Å². The minimum atomic E-state index is 0.187. The summed E-state index contributed by atoms with van der Waals surface area (Å²) in [5, 5.41) is 0.625. The summed E-state index contributed by atoms with van der Waals surface area (Å²) in [4.78, 5) is 8.76. The third-order valence-electron chi connectivity index (χ3n) is 2.99. The number of nitrogens with zero attached hydrogens (tertiary/aromatic N) is 3. The van der Waals surface area contributed by atoms with E-state index in [9.17, 15) is 0 Å². The normalized spacial score (nSPS) is 12.5. The first-order valence-corrected chi connectivity index (χ1v) is 6.81. The molecule has 1 aromatic heterocycles. The van der Waals surface area contributed by atoms with Gasteiger partial charge in [0.2, 0.25) is 5.90 Å². The smallest absolute Gasteiger partial charge is 0.220 e. The summed E-state index contributed by atoms with van der Waals surface area (Å²) in [5.41, 5.74) is 7.22. The van der Waals surface area contributed by atoms with Crippen molar-refractivity contribution >= 4 is 34.4 Å². The minimum absolute atomic E-state index is 0.187. The van der Waals surface area contributed by atoms with Gasteiger partial charge < -0.3 is 15.2 Å². The van der Waals surface area contributed by atoms with Gasteiger partial charge in [0.1, 0.15) is 11.6 Å². The number of nitrogens with two attached hydrogens (primary N) is 1. The van der Waals surface area contributed by atoms with Gasteiger partial charge in [-0.25, -0.2) is 4.98 Å². The van der Waals surface area contributed by atoms with Crippen LogP contribution in [0.5, 0.6) is 0 Å². The van der Waals surface area contributed by atoms with Gasteiger partial charge in [0, 0.05) is 5.02 Å². The summed E-state index contributed by atoms with van der Waals surface area (Å²) in [7, 11) is 2.95. The lowest BCUT2D eigenvalue weighted by atomic mass is 10.3. The van der Waals surface area contributed by atoms with Crippen molar-refractivity contribution in [2.75, 3.05) is 14.2 Å². The van der Waals surface area contributed by atoms with Crippen molar-refractivity contribution in [2.24, 2.45) is 10.7 Å². The van der Waals surface area contributed by atoms with Crippen molar-refractivity contribution in [1.29, 1.82) is 0 Å². The van der Waals surface area contributed by atoms with Crippen LogP contribution in [0, 0.1) is 6.92 Å². The number of aromatic nitrogens is 2. The second-order valence-corrected chi connectivity index (χ2v) is 4.89. The van der Waals surface area contributed by atoms with E-state index in [1.807, 2.05) is 17.6 Å². The van der Waals surface area contributed by atoms with Crippen LogP contribution in [0.15, 0.2) is 41.7 Å². The highest BCUT2D eigenvalue weighted by atomic mass is 35.5. The molecule has 2 aromatic rings. The molecule has 2 N–H and O–H groups in total. The molecule has 0 saturated carbocycles. The lowest BCUT2D eigenvalue weighted by Gasteiger charge is -2.08. The van der Waals surface area contributed by atoms with Crippen molar-refractivity contribution in [1.82, 2.24) is 9.55 Å². The standard InChI is InChI=1S/C15H17ClN4O2/c1-9-18-12-7-11(16)5-6-13(12)20(9)10(2)19-15(22-4)8-14(17)21-3/h5-8H,2,17H2,1,3-4H3/b14-8+,19-15?. The second kappa shape index (κ2) is 6.53. The van der Waals surface area contributed by atoms with Crippen LogP contribution in [0.3, 0.4) is 0 Å². The average molecular weight is 321 g/mol. The van der Waals surface area contributed by atoms with Crippen LogP contribution in [0.25, 0.3) is 16.9 Å². The number of imidazole rings is 1. The molecule has 6 nitrogen and oxygen atoms in total. The van der Waals surface area contributed by atoms with Crippen molar-refractivity contribution in [2.45, 2.75) is 6.92 Å². The number of hydrogen-bond acceptors (Lipinski definition) is 5. The van der Waals surface area contributed by atoms with E-state index in [4.69, 9.17) is 26.8 Å². The van der Waals surface area contributed by atoms with Gasteiger partial charge in [0.25, 0.3) is 0 Å². The van der Waals surface area contributed by atoms with Crippen LogP contribution in [0.1, 0.15) is 5.82 Å². The Morgan fingerprint density at radius 3 is 2.77 bits per heavy atom. The zero-order valence-electron chi connectivity index (χ0n) is 12.6. The Morgan fingerprint density at radius 1 is 1.41 bits per heavy atom. The number of aliphatic imine (C=N–C) groups is 1. The number of methoxy groups -OCH3 is 2. The highest BCUT2D eigenvalue weighted by Crippen LogP contribution is 2.23. The maximum Gasteiger partial charge on any atom is 0.220 e. The lowest BCUT2D eigenvalue weighted by molar-refractivity contribution is 0.286. The molecule has 0 aliphatic carbocycles. The third kappa shape index (κ3) is 3.23. The molecule has 0 fully saturated rings. The molecule has 1 heterocycles. The van der Waals surface area contributed by atoms with E-state index in [1.54, 1.807) is 12.1 Å². The van der Waals surface area contributed by atoms with Gasteiger partial charge in [0.05, 0.1) is 31.3 Å². The molecular formula is C15H17ClN4O2. The summed E-state index contributed by atoms with van der Waals surface area (Å²) >= 11 is 5.99. The fourth-order valence-electron chi connectivity index (χ4n) is 1.99. The zero-order valence-corrected chi connectivity index (χ0v) is 13.4. The predicted molar refractivity (Wildman–Crippen MR) is 88.5 cm³/mol. The molecule has 2 rings (SSSR count). The first-order valence-electron chi connectivity index (χ1n) is 6.44. The third-order valence-corrected chi connectivity index (χ3v) is 3.23. The zero-order chi connectivity index (χ0) is 16.3. The number of ether oxygens (including phenoxy) is 2. The molecule has 22 heavy (non-hydrogen) atoms. The molecule has 0 atom stereocenters. The van der Waals surface area contributed by atoms with Crippen LogP contribution in [0.2, 0.25) is 5.02 Å². The highest BCUT2D eigenvalue weighted by molar-refractivity contribution is 6.31. The molecule has 0 aliphatic rings. The fourth-order valence-corrected chi connectivity index (χ4v) is 2.16. The summed E-state index contributed by atoms with van der Waals surface area (Å²) in [5.74, 6) is 1.65. The van der Waals surface area contributed by atoms with Gasteiger partial charge >= 0.3 is 0 Å². The molecule has 0 saturated heterocycles. The SMILES string of the molecule is C=C(N=C(/C=C(\N)OC)OC)n1c(C)nc2cc(Cl)ccc21. The van der Waals surface area contributed by atoms with Crippen LogP contribution >= 0.6 is 11.6 Å². The van der Waals surface area contributed by atoms with Gasteiger partial charge in [-0.3, -0.25) is 4.57 Å². The van der Waals surface area contributed by atoms with E-state index >= 15 is 0 Å². The second-order valence-electron chi connectivity index (χ2n) is 4.45. The molecule has 0 bridgehead atoms. The predicted octanol–water partition coefficient (Wildman–Crippen LogP) is 2.92. The summed E-state index contributed by atoms with van der Waals surface area (Å²) in [6.07, 6.45) is 1.47. The van der Waals surface area contributed by atoms with E-state index in [1.165, 1.54) is 20.3 Å². The molecule has 7 heteroatoms. The molecule has 0 aliphatic heterocycles. The van der Waals surface area contributed by atoms with Crippen LogP contribution in [0.4, 0.5) is 0 Å². The van der Waals surface area contributed by atoms with Crippen molar-refractivity contribution < 1.29 is 9.47 Å². The van der Waals surface area contributed by atoms with E-state index in [0.717, 1.165) is 16.9 Å². The molecular weight excluding hydrogens is 304 g/mol. The quantitative estimate of drug-likeness (QED) is 0.534. The van der Waals surface area contributed by atoms with Gasteiger partial charge in [-0.1, -0.05) is 18.2 Å². The monoisotopic (exact) mass is 320 g/mol. The number of halogens is 1. The van der Waals surface area contributed by atoms with Gasteiger partial charge in [0.15, 0.2) is 5.88 Å². The largest absolute Gasteiger partial charge is 0.483 e. The Labute approximate surface area is 133 Å². The van der Waals surface area contributed by atoms with E-state index in [-0.39, 0.29) is 11.8 Å². The maximum atomic E-state index is 5.99. The Hall–Kier alpha value is -2.47. The van der Waals surface area contributed by atoms with Crippen molar-refractivity contribution in [3.8, 4) is 0 Å². The number of aryl methyl sites for hydroxylation is 1. The van der Waals surface area contributed by atoms with Crippen molar-refractivity contribution in [3.05, 3.63) is 47.6 Å². The number of benzene rings is 1. The first kappa shape index (κ1) is 15.9. The maximum absolute atomic E-state index is 5.99. The summed E-state index contributed by atoms with van der Waals surface area (Å²) in [6.45, 7) is 5.82. The van der Waals surface area contributed by atoms with Crippen LogP contribution in [-0.4, -0.2) is 29.7 Å². The molecule has 0 amide bonds. The number of fused-ring (bicyclic) bond motifs is 1.